The standard InChI is InChI=1S/C20H14N4O2/c21-13-15-6-4-5-9-17(15)24-20(26)18-12-14(10-11-22-18)19(25)23-16-7-2-1-3-8-16/h1-12H,(H,23,25)(H,24,26). The van der Waals surface area contributed by atoms with Crippen molar-refractivity contribution in [2.24, 2.45) is 0 Å². The molecule has 6 heteroatoms. The van der Waals surface area contributed by atoms with Crippen molar-refractivity contribution in [1.82, 2.24) is 4.98 Å². The van der Waals surface area contributed by atoms with Crippen molar-refractivity contribution in [3.63, 3.8) is 0 Å². The molecule has 1 heterocycles. The summed E-state index contributed by atoms with van der Waals surface area (Å²) in [6.07, 6.45) is 1.39. The number of pyridine rings is 1. The van der Waals surface area contributed by atoms with Gasteiger partial charge in [-0.2, -0.15) is 5.26 Å². The first-order valence-electron chi connectivity index (χ1n) is 7.80. The zero-order valence-electron chi connectivity index (χ0n) is 13.6. The highest BCUT2D eigenvalue weighted by molar-refractivity contribution is 6.08. The van der Waals surface area contributed by atoms with Gasteiger partial charge in [-0.3, -0.25) is 14.6 Å². The lowest BCUT2D eigenvalue weighted by molar-refractivity contribution is 0.102. The molecular weight excluding hydrogens is 328 g/mol. The predicted octanol–water partition coefficient (Wildman–Crippen LogP) is 3.46. The van der Waals surface area contributed by atoms with Gasteiger partial charge in [-0.1, -0.05) is 30.3 Å². The fraction of sp³-hybridized carbons (Fsp3) is 0. The first kappa shape index (κ1) is 16.9. The van der Waals surface area contributed by atoms with Crippen molar-refractivity contribution in [3.8, 4) is 6.07 Å². The maximum atomic E-state index is 12.4. The Labute approximate surface area is 150 Å². The summed E-state index contributed by atoms with van der Waals surface area (Å²) in [5.41, 5.74) is 1.78. The monoisotopic (exact) mass is 342 g/mol. The van der Waals surface area contributed by atoms with E-state index in [1.54, 1.807) is 36.4 Å². The minimum atomic E-state index is -0.498. The van der Waals surface area contributed by atoms with Gasteiger partial charge in [0.2, 0.25) is 0 Å². The van der Waals surface area contributed by atoms with Gasteiger partial charge in [0, 0.05) is 17.4 Å². The summed E-state index contributed by atoms with van der Waals surface area (Å²) in [6, 6.07) is 20.6. The summed E-state index contributed by atoms with van der Waals surface area (Å²) in [7, 11) is 0. The van der Waals surface area contributed by atoms with Gasteiger partial charge in [0.15, 0.2) is 0 Å². The minimum Gasteiger partial charge on any atom is -0.322 e. The average molecular weight is 342 g/mol. The third-order valence-corrected chi connectivity index (χ3v) is 3.58. The highest BCUT2D eigenvalue weighted by atomic mass is 16.2. The predicted molar refractivity (Wildman–Crippen MR) is 97.7 cm³/mol. The van der Waals surface area contributed by atoms with E-state index < -0.39 is 5.91 Å². The van der Waals surface area contributed by atoms with Crippen LogP contribution in [0.5, 0.6) is 0 Å². The number of aromatic nitrogens is 1. The molecular formula is C20H14N4O2. The third-order valence-electron chi connectivity index (χ3n) is 3.58. The van der Waals surface area contributed by atoms with E-state index in [9.17, 15) is 9.59 Å². The second kappa shape index (κ2) is 7.73. The zero-order valence-corrected chi connectivity index (χ0v) is 13.6. The van der Waals surface area contributed by atoms with Crippen LogP contribution in [0.15, 0.2) is 72.9 Å². The molecule has 0 unspecified atom stereocenters. The molecule has 0 radical (unpaired) electrons. The van der Waals surface area contributed by atoms with Crippen LogP contribution >= 0.6 is 0 Å². The van der Waals surface area contributed by atoms with E-state index in [4.69, 9.17) is 5.26 Å². The number of nitrogens with zero attached hydrogens (tertiary/aromatic N) is 2. The van der Waals surface area contributed by atoms with E-state index in [0.717, 1.165) is 0 Å². The van der Waals surface area contributed by atoms with Gasteiger partial charge in [-0.05, 0) is 36.4 Å². The summed E-state index contributed by atoms with van der Waals surface area (Å²) in [6.45, 7) is 0. The number of benzene rings is 2. The number of para-hydroxylation sites is 2. The first-order chi connectivity index (χ1) is 12.7. The maximum absolute atomic E-state index is 12.4. The maximum Gasteiger partial charge on any atom is 0.274 e. The fourth-order valence-corrected chi connectivity index (χ4v) is 2.30. The Hall–Kier alpha value is -3.98. The molecule has 1 aromatic heterocycles. The first-order valence-corrected chi connectivity index (χ1v) is 7.80. The van der Waals surface area contributed by atoms with Crippen LogP contribution < -0.4 is 10.6 Å². The van der Waals surface area contributed by atoms with Crippen LogP contribution in [-0.4, -0.2) is 16.8 Å². The van der Waals surface area contributed by atoms with E-state index in [0.29, 0.717) is 22.5 Å². The van der Waals surface area contributed by atoms with Gasteiger partial charge in [0.25, 0.3) is 11.8 Å². The van der Waals surface area contributed by atoms with Crippen molar-refractivity contribution in [3.05, 3.63) is 89.7 Å². The molecule has 3 rings (SSSR count). The van der Waals surface area contributed by atoms with E-state index >= 15 is 0 Å². The molecule has 0 atom stereocenters. The number of nitrogens with one attached hydrogen (secondary N) is 2. The lowest BCUT2D eigenvalue weighted by Crippen LogP contribution is -2.17. The summed E-state index contributed by atoms with van der Waals surface area (Å²) in [4.78, 5) is 28.7. The number of anilines is 2. The number of carbonyl (C=O) groups is 2. The highest BCUT2D eigenvalue weighted by Crippen LogP contribution is 2.15. The summed E-state index contributed by atoms with van der Waals surface area (Å²) >= 11 is 0. The molecule has 0 saturated carbocycles. The van der Waals surface area contributed by atoms with Crippen LogP contribution in [0.25, 0.3) is 0 Å². The minimum absolute atomic E-state index is 0.0819. The molecule has 126 valence electrons. The Bertz CT molecular complexity index is 994. The molecule has 0 bridgehead atoms. The normalized spacial score (nSPS) is 9.81. The molecule has 0 aliphatic rings. The number of amides is 2. The smallest absolute Gasteiger partial charge is 0.274 e. The number of nitriles is 1. The van der Waals surface area contributed by atoms with Gasteiger partial charge < -0.3 is 10.6 Å². The van der Waals surface area contributed by atoms with E-state index in [2.05, 4.69) is 15.6 Å². The summed E-state index contributed by atoms with van der Waals surface area (Å²) in [5, 5.41) is 14.5. The molecule has 0 aliphatic carbocycles. The van der Waals surface area contributed by atoms with Crippen molar-refractivity contribution in [1.29, 1.82) is 5.26 Å². The van der Waals surface area contributed by atoms with Crippen LogP contribution in [0.4, 0.5) is 11.4 Å². The Morgan fingerprint density at radius 2 is 1.62 bits per heavy atom. The van der Waals surface area contributed by atoms with Gasteiger partial charge >= 0.3 is 0 Å². The van der Waals surface area contributed by atoms with Gasteiger partial charge in [-0.15, -0.1) is 0 Å². The fourth-order valence-electron chi connectivity index (χ4n) is 2.30. The number of hydrogen-bond donors (Lipinski definition) is 2. The number of rotatable bonds is 4. The molecule has 0 saturated heterocycles. The van der Waals surface area contributed by atoms with Gasteiger partial charge in [0.1, 0.15) is 11.8 Å². The van der Waals surface area contributed by atoms with Crippen LogP contribution in [0.3, 0.4) is 0 Å². The van der Waals surface area contributed by atoms with Crippen LogP contribution in [0.2, 0.25) is 0 Å². The van der Waals surface area contributed by atoms with Crippen molar-refractivity contribution in [2.45, 2.75) is 0 Å². The second-order valence-electron chi connectivity index (χ2n) is 5.36. The third kappa shape index (κ3) is 3.91. The molecule has 2 amide bonds. The van der Waals surface area contributed by atoms with E-state index in [1.165, 1.54) is 18.3 Å². The topological polar surface area (TPSA) is 94.9 Å². The number of hydrogen-bond acceptors (Lipinski definition) is 4. The summed E-state index contributed by atoms with van der Waals surface area (Å²) < 4.78 is 0. The SMILES string of the molecule is N#Cc1ccccc1NC(=O)c1cc(C(=O)Nc2ccccc2)ccn1. The lowest BCUT2D eigenvalue weighted by Gasteiger charge is -2.08. The molecule has 2 aromatic carbocycles. The average Bonchev–Trinajstić information content (AvgIpc) is 2.69. The van der Waals surface area contributed by atoms with Crippen LogP contribution in [-0.2, 0) is 0 Å². The van der Waals surface area contributed by atoms with Crippen molar-refractivity contribution >= 4 is 23.2 Å². The van der Waals surface area contributed by atoms with Gasteiger partial charge in [0.05, 0.1) is 11.3 Å². The van der Waals surface area contributed by atoms with Gasteiger partial charge in [-0.25, -0.2) is 0 Å². The summed E-state index contributed by atoms with van der Waals surface area (Å²) in [5.74, 6) is -0.841. The zero-order chi connectivity index (χ0) is 18.4. The van der Waals surface area contributed by atoms with Crippen LogP contribution in [0, 0.1) is 11.3 Å². The van der Waals surface area contributed by atoms with E-state index in [-0.39, 0.29) is 11.6 Å². The number of carbonyl (C=O) groups excluding carboxylic acids is 2. The molecule has 26 heavy (non-hydrogen) atoms. The molecule has 0 spiro atoms. The Kier molecular flexibility index (Phi) is 5.01. The molecule has 0 aliphatic heterocycles. The van der Waals surface area contributed by atoms with Crippen molar-refractivity contribution in [2.75, 3.05) is 10.6 Å². The van der Waals surface area contributed by atoms with Crippen molar-refractivity contribution < 1.29 is 9.59 Å². The molecule has 3 aromatic rings. The molecule has 0 fully saturated rings. The van der Waals surface area contributed by atoms with E-state index in [1.807, 2.05) is 24.3 Å². The lowest BCUT2D eigenvalue weighted by atomic mass is 10.1. The van der Waals surface area contributed by atoms with Crippen LogP contribution in [0.1, 0.15) is 26.4 Å². The quantitative estimate of drug-likeness (QED) is 0.759. The Balaban J connectivity index is 1.77. The Morgan fingerprint density at radius 1 is 0.885 bits per heavy atom. The second-order valence-corrected chi connectivity index (χ2v) is 5.36. The largest absolute Gasteiger partial charge is 0.322 e. The highest BCUT2D eigenvalue weighted by Gasteiger charge is 2.13. The molecule has 6 nitrogen and oxygen atoms in total. The molecule has 2 N–H and O–H groups in total. The Morgan fingerprint density at radius 3 is 2.38 bits per heavy atom.